The van der Waals surface area contributed by atoms with Crippen molar-refractivity contribution < 1.29 is 41.9 Å². The predicted molar refractivity (Wildman–Crippen MR) is 114 cm³/mol. The Labute approximate surface area is 200 Å². The molecule has 0 radical (unpaired) electrons. The van der Waals surface area contributed by atoms with Crippen LogP contribution in [0.5, 0.6) is 0 Å². The number of benzene rings is 2. The molecule has 0 bridgehead atoms. The summed E-state index contributed by atoms with van der Waals surface area (Å²) in [6.45, 7) is 5.93. The van der Waals surface area contributed by atoms with E-state index in [1.807, 2.05) is 93.6 Å². The summed E-state index contributed by atoms with van der Waals surface area (Å²) in [6.07, 6.45) is 0. The van der Waals surface area contributed by atoms with Crippen molar-refractivity contribution in [2.45, 2.75) is 20.8 Å². The Morgan fingerprint density at radius 2 is 1.07 bits per heavy atom. The van der Waals surface area contributed by atoms with Crippen LogP contribution in [0.25, 0.3) is 0 Å². The average Bonchev–Trinajstić information content (AvgIpc) is 2.71. The molecule has 0 aliphatic carbocycles. The molecule has 0 fully saturated rings. The number of hydrogen-bond donors (Lipinski definition) is 2. The number of rotatable bonds is 6. The van der Waals surface area contributed by atoms with Gasteiger partial charge < -0.3 is 24.8 Å². The van der Waals surface area contributed by atoms with Gasteiger partial charge in [-0.2, -0.15) is 10.2 Å². The van der Waals surface area contributed by atoms with E-state index < -0.39 is 0 Å². The zero-order chi connectivity index (χ0) is 19.1. The first-order chi connectivity index (χ1) is 13.1. The normalized spacial score (nSPS) is 10.8. The molecule has 2 N–H and O–H groups in total. The van der Waals surface area contributed by atoms with E-state index in [0.717, 1.165) is 39.7 Å². The number of nitrogens with zero attached hydrogens (tertiary/aromatic N) is 3. The minimum absolute atomic E-state index is 0. The molecule has 0 aliphatic rings. The molecule has 0 atom stereocenters. The molecule has 3 aromatic rings. The number of pyridine rings is 1. The van der Waals surface area contributed by atoms with Gasteiger partial charge in [-0.1, -0.05) is 36.4 Å². The summed E-state index contributed by atoms with van der Waals surface area (Å²) in [5.41, 5.74) is 12.4. The third-order valence-corrected chi connectivity index (χ3v) is 3.96. The third kappa shape index (κ3) is 8.17. The molecule has 8 heteroatoms. The Hall–Kier alpha value is -2.37. The van der Waals surface area contributed by atoms with E-state index in [4.69, 9.17) is 4.98 Å². The molecule has 30 heavy (non-hydrogen) atoms. The molecule has 158 valence electrons. The van der Waals surface area contributed by atoms with Gasteiger partial charge >= 0.3 is 17.1 Å². The van der Waals surface area contributed by atoms with Gasteiger partial charge in [-0.05, 0) is 62.7 Å². The molecular weight excluding hydrogens is 461 g/mol. The van der Waals surface area contributed by atoms with Gasteiger partial charge in [0.15, 0.2) is 0 Å². The molecule has 0 aliphatic heterocycles. The fourth-order valence-electron chi connectivity index (χ4n) is 2.47. The average molecular weight is 484 g/mol. The molecule has 3 rings (SSSR count). The first-order valence-electron chi connectivity index (χ1n) is 8.82. The second kappa shape index (κ2) is 13.8. The van der Waals surface area contributed by atoms with Crippen LogP contribution in [-0.4, -0.2) is 16.4 Å². The van der Waals surface area contributed by atoms with E-state index in [0.29, 0.717) is 0 Å². The van der Waals surface area contributed by atoms with Crippen LogP contribution in [0.3, 0.4) is 0 Å². The van der Waals surface area contributed by atoms with Gasteiger partial charge in [-0.3, -0.25) is 10.9 Å². The van der Waals surface area contributed by atoms with E-state index in [9.17, 15) is 0 Å². The van der Waals surface area contributed by atoms with Gasteiger partial charge in [0, 0.05) is 0 Å². The van der Waals surface area contributed by atoms with Crippen molar-refractivity contribution in [2.75, 3.05) is 10.9 Å². The number of hydrazone groups is 2. The maximum atomic E-state index is 4.72. The van der Waals surface area contributed by atoms with E-state index >= 15 is 0 Å². The van der Waals surface area contributed by atoms with Crippen LogP contribution in [-0.2, 0) is 17.1 Å². The SMILES string of the molecule is CC(=NNc1ccccc1)c1cc(C)cc(C(C)=NNc2ccccc2)n1.[Cl-].[Cl-].[Fe+2]. The molecule has 1 aromatic heterocycles. The van der Waals surface area contributed by atoms with Crippen LogP contribution in [0.2, 0.25) is 0 Å². The van der Waals surface area contributed by atoms with Gasteiger partial charge in [-0.15, -0.1) is 0 Å². The zero-order valence-corrected chi connectivity index (χ0v) is 19.5. The summed E-state index contributed by atoms with van der Waals surface area (Å²) in [5.74, 6) is 0. The van der Waals surface area contributed by atoms with Gasteiger partial charge in [0.1, 0.15) is 0 Å². The van der Waals surface area contributed by atoms with Crippen molar-refractivity contribution in [3.05, 3.63) is 89.7 Å². The molecule has 0 amide bonds. The zero-order valence-electron chi connectivity index (χ0n) is 16.9. The fourth-order valence-corrected chi connectivity index (χ4v) is 2.47. The monoisotopic (exact) mass is 483 g/mol. The molecule has 2 aromatic carbocycles. The second-order valence-electron chi connectivity index (χ2n) is 6.27. The summed E-state index contributed by atoms with van der Waals surface area (Å²) in [4.78, 5) is 4.72. The van der Waals surface area contributed by atoms with Crippen molar-refractivity contribution in [3.8, 4) is 0 Å². The number of halogens is 2. The molecule has 1 heterocycles. The van der Waals surface area contributed by atoms with E-state index in [2.05, 4.69) is 21.1 Å². The van der Waals surface area contributed by atoms with E-state index in [-0.39, 0.29) is 41.9 Å². The van der Waals surface area contributed by atoms with Crippen LogP contribution < -0.4 is 35.7 Å². The van der Waals surface area contributed by atoms with Crippen LogP contribution in [0, 0.1) is 6.92 Å². The Bertz CT molecular complexity index is 888. The van der Waals surface area contributed by atoms with E-state index in [1.165, 1.54) is 0 Å². The molecule has 5 nitrogen and oxygen atoms in total. The van der Waals surface area contributed by atoms with Gasteiger partial charge in [0.2, 0.25) is 0 Å². The Balaban J connectivity index is 0.00000280. The van der Waals surface area contributed by atoms with Crippen molar-refractivity contribution in [1.82, 2.24) is 4.98 Å². The number of para-hydroxylation sites is 2. The number of aromatic nitrogens is 1. The topological polar surface area (TPSA) is 61.7 Å². The van der Waals surface area contributed by atoms with E-state index in [1.54, 1.807) is 0 Å². The number of nitrogens with one attached hydrogen (secondary N) is 2. The number of aryl methyl sites for hydroxylation is 1. The summed E-state index contributed by atoms with van der Waals surface area (Å²) in [7, 11) is 0. The summed E-state index contributed by atoms with van der Waals surface area (Å²) in [6, 6.07) is 23.7. The second-order valence-corrected chi connectivity index (χ2v) is 6.27. The first-order valence-corrected chi connectivity index (χ1v) is 8.82. The van der Waals surface area contributed by atoms with Crippen molar-refractivity contribution >= 4 is 22.8 Å². The summed E-state index contributed by atoms with van der Waals surface area (Å²) < 4.78 is 0. The van der Waals surface area contributed by atoms with Crippen molar-refractivity contribution in [3.63, 3.8) is 0 Å². The number of anilines is 2. The van der Waals surface area contributed by atoms with Crippen LogP contribution >= 0.6 is 0 Å². The first kappa shape index (κ1) is 27.6. The maximum Gasteiger partial charge on any atom is 2.00 e. The smallest absolute Gasteiger partial charge is 1.00 e. The molecular formula is C22H23Cl2FeN5. The largest absolute Gasteiger partial charge is 2.00 e. The van der Waals surface area contributed by atoms with Gasteiger partial charge in [0.05, 0.1) is 34.2 Å². The molecule has 0 saturated heterocycles. The van der Waals surface area contributed by atoms with Crippen LogP contribution in [0.15, 0.2) is 83.0 Å². The summed E-state index contributed by atoms with van der Waals surface area (Å²) in [5, 5.41) is 8.90. The molecule has 0 saturated carbocycles. The molecule has 0 unspecified atom stereocenters. The summed E-state index contributed by atoms with van der Waals surface area (Å²) >= 11 is 0. The predicted octanol–water partition coefficient (Wildman–Crippen LogP) is -0.932. The Morgan fingerprint density at radius 1 is 0.700 bits per heavy atom. The Morgan fingerprint density at radius 3 is 1.43 bits per heavy atom. The van der Waals surface area contributed by atoms with Crippen LogP contribution in [0.4, 0.5) is 11.4 Å². The van der Waals surface area contributed by atoms with Gasteiger partial charge in [-0.25, -0.2) is 4.98 Å². The quantitative estimate of drug-likeness (QED) is 0.270. The molecule has 0 spiro atoms. The van der Waals surface area contributed by atoms with Gasteiger partial charge in [0.25, 0.3) is 0 Å². The van der Waals surface area contributed by atoms with Crippen molar-refractivity contribution in [2.24, 2.45) is 10.2 Å². The van der Waals surface area contributed by atoms with Crippen molar-refractivity contribution in [1.29, 1.82) is 0 Å². The number of hydrogen-bond acceptors (Lipinski definition) is 5. The minimum Gasteiger partial charge on any atom is -1.00 e. The third-order valence-electron chi connectivity index (χ3n) is 3.96. The van der Waals surface area contributed by atoms with Crippen LogP contribution in [0.1, 0.15) is 30.8 Å². The maximum absolute atomic E-state index is 4.72. The Kier molecular flexibility index (Phi) is 12.7. The standard InChI is InChI=1S/C22H23N5.2ClH.Fe/c1-16-14-21(17(2)24-26-19-10-6-4-7-11-19)23-22(15-16)18(3)25-27-20-12-8-5-9-13-20;;;/h4-15,26-27H,1-3H3;2*1H;/q;;;+2/p-2. The minimum atomic E-state index is 0. The fraction of sp³-hybridized carbons (Fsp3) is 0.136.